The third kappa shape index (κ3) is 10.7. The highest BCUT2D eigenvalue weighted by atomic mass is 32.2. The second-order valence-electron chi connectivity index (χ2n) is 6.84. The topological polar surface area (TPSA) is 214 Å². The van der Waals surface area contributed by atoms with Crippen molar-refractivity contribution in [2.45, 2.75) is 56.3 Å². The van der Waals surface area contributed by atoms with E-state index >= 15 is 0 Å². The molecule has 0 saturated heterocycles. The smallest absolute Gasteiger partial charge is 0.329 e. The van der Waals surface area contributed by atoms with Gasteiger partial charge in [-0.15, -0.1) is 0 Å². The van der Waals surface area contributed by atoms with Gasteiger partial charge >= 0.3 is 11.9 Å². The second kappa shape index (κ2) is 14.5. The molecule has 12 nitrogen and oxygen atoms in total. The molecule has 15 heteroatoms. The Labute approximate surface area is 187 Å². The number of carboxylic acid groups (broad SMARTS) is 2. The zero-order valence-corrected chi connectivity index (χ0v) is 18.3. The lowest BCUT2D eigenvalue weighted by atomic mass is 9.95. The zero-order valence-electron chi connectivity index (χ0n) is 17.4. The van der Waals surface area contributed by atoms with Crippen LogP contribution in [0.1, 0.15) is 32.1 Å². The fourth-order valence-corrected chi connectivity index (χ4v) is 2.63. The van der Waals surface area contributed by atoms with Crippen LogP contribution < -0.4 is 27.4 Å². The second-order valence-corrected chi connectivity index (χ2v) is 7.82. The van der Waals surface area contributed by atoms with E-state index in [2.05, 4.69) is 16.0 Å². The van der Waals surface area contributed by atoms with E-state index in [9.17, 15) is 32.8 Å². The Kier molecular flexibility index (Phi) is 13.4. The van der Waals surface area contributed by atoms with Gasteiger partial charge in [0, 0.05) is 25.1 Å². The number of nitrogens with one attached hydrogen (secondary N) is 3. The molecule has 0 saturated carbocycles. The number of hydrogen-bond acceptors (Lipinski definition) is 8. The van der Waals surface area contributed by atoms with Gasteiger partial charge < -0.3 is 37.6 Å². The molecule has 0 aliphatic heterocycles. The van der Waals surface area contributed by atoms with Gasteiger partial charge in [-0.05, 0) is 25.5 Å². The maximum absolute atomic E-state index is 12.9. The lowest BCUT2D eigenvalue weighted by Gasteiger charge is -2.24. The first-order valence-corrected chi connectivity index (χ1v) is 10.9. The number of alkyl halides is 2. The normalized spacial score (nSPS) is 14.7. The summed E-state index contributed by atoms with van der Waals surface area (Å²) in [6.07, 6.45) is -4.42. The summed E-state index contributed by atoms with van der Waals surface area (Å²) in [4.78, 5) is 58.0. The van der Waals surface area contributed by atoms with E-state index in [1.54, 1.807) is 6.26 Å². The van der Waals surface area contributed by atoms with Gasteiger partial charge in [0.25, 0.3) is 12.3 Å². The summed E-state index contributed by atoms with van der Waals surface area (Å²) in [5, 5.41) is 24.4. The van der Waals surface area contributed by atoms with E-state index in [1.165, 1.54) is 11.8 Å². The van der Waals surface area contributed by atoms with Gasteiger partial charge in [-0.25, -0.2) is 13.6 Å². The Morgan fingerprint density at radius 2 is 1.62 bits per heavy atom. The van der Waals surface area contributed by atoms with Crippen LogP contribution in [0.25, 0.3) is 0 Å². The van der Waals surface area contributed by atoms with Gasteiger partial charge in [-0.2, -0.15) is 11.8 Å². The number of hydrogen-bond donors (Lipinski definition) is 7. The van der Waals surface area contributed by atoms with Crippen LogP contribution in [-0.2, 0) is 24.0 Å². The minimum Gasteiger partial charge on any atom is -0.480 e. The largest absolute Gasteiger partial charge is 0.480 e. The van der Waals surface area contributed by atoms with Crippen molar-refractivity contribution < 1.29 is 43.0 Å². The van der Waals surface area contributed by atoms with Gasteiger partial charge in [-0.3, -0.25) is 19.2 Å². The maximum atomic E-state index is 12.9. The summed E-state index contributed by atoms with van der Waals surface area (Å²) in [5.41, 5.74) is 7.73. The van der Waals surface area contributed by atoms with Crippen LogP contribution >= 0.6 is 11.8 Å². The summed E-state index contributed by atoms with van der Waals surface area (Å²) in [6.45, 7) is -0.255. The van der Waals surface area contributed by atoms with Crippen molar-refractivity contribution in [2.75, 3.05) is 18.6 Å². The molecular formula is C17H29F2N5O7S. The molecule has 3 atom stereocenters. The Morgan fingerprint density at radius 3 is 2.09 bits per heavy atom. The Hall–Kier alpha value is -2.52. The Balaban J connectivity index is 4.92. The van der Waals surface area contributed by atoms with Crippen LogP contribution in [0.4, 0.5) is 8.78 Å². The lowest BCUT2D eigenvalue weighted by molar-refractivity contribution is -0.150. The molecule has 0 spiro atoms. The molecule has 9 N–H and O–H groups in total. The maximum Gasteiger partial charge on any atom is 0.329 e. The molecule has 0 bridgehead atoms. The minimum atomic E-state index is -3.32. The van der Waals surface area contributed by atoms with Crippen LogP contribution in [-0.4, -0.2) is 82.6 Å². The third-order valence-electron chi connectivity index (χ3n) is 4.26. The SMILES string of the molecule is CSCCC(=O)NC(NC(=O)CCC(N)C(=O)O)C(=O)NCCCC(N)(C(=O)O)C(F)F. The van der Waals surface area contributed by atoms with Crippen LogP contribution in [0, 0.1) is 0 Å². The number of nitrogens with two attached hydrogens (primary N) is 2. The van der Waals surface area contributed by atoms with E-state index in [4.69, 9.17) is 21.7 Å². The Bertz CT molecular complexity index is 686. The number of amides is 3. The van der Waals surface area contributed by atoms with Gasteiger partial charge in [0.15, 0.2) is 11.7 Å². The Morgan fingerprint density at radius 1 is 1.06 bits per heavy atom. The van der Waals surface area contributed by atoms with Crippen molar-refractivity contribution in [3.8, 4) is 0 Å². The van der Waals surface area contributed by atoms with Crippen molar-refractivity contribution in [2.24, 2.45) is 11.5 Å². The van der Waals surface area contributed by atoms with Gasteiger partial charge in [0.2, 0.25) is 11.8 Å². The number of rotatable bonds is 16. The van der Waals surface area contributed by atoms with Crippen molar-refractivity contribution in [1.29, 1.82) is 0 Å². The summed E-state index contributed by atoms with van der Waals surface area (Å²) < 4.78 is 25.8. The molecule has 0 aromatic heterocycles. The first-order valence-electron chi connectivity index (χ1n) is 9.49. The zero-order chi connectivity index (χ0) is 24.9. The highest BCUT2D eigenvalue weighted by Gasteiger charge is 2.43. The van der Waals surface area contributed by atoms with E-state index in [-0.39, 0.29) is 32.2 Å². The number of carbonyl (C=O) groups excluding carboxylic acids is 3. The monoisotopic (exact) mass is 485 g/mol. The lowest BCUT2D eigenvalue weighted by Crippen LogP contribution is -2.57. The number of thioether (sulfide) groups is 1. The van der Waals surface area contributed by atoms with E-state index in [0.717, 1.165) is 0 Å². The van der Waals surface area contributed by atoms with Crippen molar-refractivity contribution in [1.82, 2.24) is 16.0 Å². The first kappa shape index (κ1) is 29.5. The molecule has 0 aromatic carbocycles. The van der Waals surface area contributed by atoms with Crippen molar-refractivity contribution in [3.63, 3.8) is 0 Å². The molecule has 0 heterocycles. The van der Waals surface area contributed by atoms with Crippen LogP contribution in [0.5, 0.6) is 0 Å². The fourth-order valence-electron chi connectivity index (χ4n) is 2.24. The minimum absolute atomic E-state index is 0.0490. The molecule has 32 heavy (non-hydrogen) atoms. The van der Waals surface area contributed by atoms with Crippen LogP contribution in [0.2, 0.25) is 0 Å². The molecule has 184 valence electrons. The van der Waals surface area contributed by atoms with Gasteiger partial charge in [0.05, 0.1) is 0 Å². The number of halogens is 2. The molecule has 0 aliphatic rings. The highest BCUT2D eigenvalue weighted by Crippen LogP contribution is 2.19. The van der Waals surface area contributed by atoms with Crippen molar-refractivity contribution >= 4 is 41.4 Å². The molecule has 3 amide bonds. The van der Waals surface area contributed by atoms with Crippen LogP contribution in [0.15, 0.2) is 0 Å². The summed E-state index contributed by atoms with van der Waals surface area (Å²) >= 11 is 1.38. The average molecular weight is 486 g/mol. The molecular weight excluding hydrogens is 456 g/mol. The summed E-state index contributed by atoms with van der Waals surface area (Å²) in [7, 11) is 0. The predicted molar refractivity (Wildman–Crippen MR) is 111 cm³/mol. The fraction of sp³-hybridized carbons (Fsp3) is 0.706. The molecule has 0 aliphatic carbocycles. The molecule has 3 unspecified atom stereocenters. The molecule has 0 rings (SSSR count). The van der Waals surface area contributed by atoms with Crippen molar-refractivity contribution in [3.05, 3.63) is 0 Å². The first-order chi connectivity index (χ1) is 14.8. The highest BCUT2D eigenvalue weighted by molar-refractivity contribution is 7.98. The molecule has 0 aromatic rings. The summed E-state index contributed by atoms with van der Waals surface area (Å²) in [6, 6.07) is -1.29. The van der Waals surface area contributed by atoms with E-state index in [0.29, 0.717) is 5.75 Å². The predicted octanol–water partition coefficient (Wildman–Crippen LogP) is -1.57. The van der Waals surface area contributed by atoms with Gasteiger partial charge in [0.1, 0.15) is 6.04 Å². The quantitative estimate of drug-likeness (QED) is 0.0985. The average Bonchev–Trinajstić information content (AvgIpc) is 2.72. The molecule has 0 fully saturated rings. The standard InChI is InChI=1S/C17H29F2N5O7S/c1-32-8-5-11(26)24-12(23-10(25)4-3-9(20)14(28)29)13(27)22-7-2-6-17(21,15(18)19)16(30)31/h9,12,15H,2-8,20-21H2,1H3,(H,22,27)(H,23,25)(H,24,26)(H,28,29)(H,30,31). The van der Waals surface area contributed by atoms with E-state index in [1.807, 2.05) is 0 Å². The summed E-state index contributed by atoms with van der Waals surface area (Å²) in [5.74, 6) is -4.93. The third-order valence-corrected chi connectivity index (χ3v) is 4.87. The number of carboxylic acids is 2. The number of aliphatic carboxylic acids is 2. The van der Waals surface area contributed by atoms with E-state index < -0.39 is 60.3 Å². The van der Waals surface area contributed by atoms with Crippen LogP contribution in [0.3, 0.4) is 0 Å². The van der Waals surface area contributed by atoms with Gasteiger partial charge in [-0.1, -0.05) is 0 Å². The number of carbonyl (C=O) groups is 5. The molecule has 0 radical (unpaired) electrons.